The quantitative estimate of drug-likeness (QED) is 0.412. The second-order valence-corrected chi connectivity index (χ2v) is 6.84. The van der Waals surface area contributed by atoms with Crippen LogP contribution < -0.4 is 10.1 Å². The molecule has 4 rings (SSSR count). The number of fused-ring (bicyclic) bond motifs is 1. The topological polar surface area (TPSA) is 71.5 Å². The molecule has 0 aliphatic rings. The molecule has 0 spiro atoms. The lowest BCUT2D eigenvalue weighted by Gasteiger charge is -2.18. The Labute approximate surface area is 172 Å². The van der Waals surface area contributed by atoms with Crippen molar-refractivity contribution in [3.63, 3.8) is 0 Å². The van der Waals surface area contributed by atoms with Gasteiger partial charge in [0.1, 0.15) is 11.6 Å². The Kier molecular flexibility index (Phi) is 5.30. The maximum absolute atomic E-state index is 14.1. The van der Waals surface area contributed by atoms with Gasteiger partial charge in [-0.05, 0) is 54.3 Å². The molecule has 0 saturated heterocycles. The fourth-order valence-electron chi connectivity index (χ4n) is 3.24. The van der Waals surface area contributed by atoms with Crippen molar-refractivity contribution in [2.75, 3.05) is 5.32 Å². The second-order valence-electron chi connectivity index (χ2n) is 6.84. The smallest absolute Gasteiger partial charge is 0.335 e. The van der Waals surface area contributed by atoms with Crippen LogP contribution in [0.1, 0.15) is 28.9 Å². The Morgan fingerprint density at radius 1 is 1.00 bits per heavy atom. The van der Waals surface area contributed by atoms with Crippen LogP contribution in [0.15, 0.2) is 79.0 Å². The second kappa shape index (κ2) is 8.21. The number of anilines is 1. The molecule has 1 unspecified atom stereocenters. The van der Waals surface area contributed by atoms with Crippen LogP contribution in [0.2, 0.25) is 0 Å². The molecule has 30 heavy (non-hydrogen) atoms. The highest BCUT2D eigenvalue weighted by Gasteiger charge is 2.14. The van der Waals surface area contributed by atoms with E-state index in [-0.39, 0.29) is 17.4 Å². The minimum Gasteiger partial charge on any atom is -0.478 e. The van der Waals surface area contributed by atoms with Gasteiger partial charge in [-0.25, -0.2) is 14.2 Å². The minimum atomic E-state index is -0.965. The van der Waals surface area contributed by atoms with Gasteiger partial charge >= 0.3 is 5.97 Å². The number of carboxylic acid groups (broad SMARTS) is 1. The zero-order valence-electron chi connectivity index (χ0n) is 16.2. The third kappa shape index (κ3) is 3.93. The zero-order chi connectivity index (χ0) is 21.1. The lowest BCUT2D eigenvalue weighted by atomic mass is 10.1. The van der Waals surface area contributed by atoms with Crippen LogP contribution in [-0.4, -0.2) is 16.1 Å². The largest absolute Gasteiger partial charge is 0.478 e. The van der Waals surface area contributed by atoms with Gasteiger partial charge in [0.2, 0.25) is 0 Å². The van der Waals surface area contributed by atoms with Gasteiger partial charge in [0.05, 0.1) is 10.9 Å². The van der Waals surface area contributed by atoms with Gasteiger partial charge in [0.25, 0.3) is 0 Å². The first-order valence-electron chi connectivity index (χ1n) is 9.43. The van der Waals surface area contributed by atoms with Crippen LogP contribution in [0.3, 0.4) is 0 Å². The van der Waals surface area contributed by atoms with E-state index in [0.717, 1.165) is 16.3 Å². The monoisotopic (exact) mass is 402 g/mol. The average Bonchev–Trinajstić information content (AvgIpc) is 2.75. The van der Waals surface area contributed by atoms with E-state index in [2.05, 4.69) is 10.3 Å². The average molecular weight is 402 g/mol. The first-order valence-corrected chi connectivity index (χ1v) is 9.43. The van der Waals surface area contributed by atoms with E-state index in [4.69, 9.17) is 9.84 Å². The molecule has 0 radical (unpaired) electrons. The van der Waals surface area contributed by atoms with E-state index < -0.39 is 11.8 Å². The molecule has 6 heteroatoms. The van der Waals surface area contributed by atoms with Crippen LogP contribution in [-0.2, 0) is 0 Å². The molecule has 5 nitrogen and oxygen atoms in total. The van der Waals surface area contributed by atoms with E-state index in [0.29, 0.717) is 11.6 Å². The highest BCUT2D eigenvalue weighted by Crippen LogP contribution is 2.36. The fourth-order valence-corrected chi connectivity index (χ4v) is 3.24. The van der Waals surface area contributed by atoms with Gasteiger partial charge in [-0.2, -0.15) is 0 Å². The molecule has 150 valence electrons. The van der Waals surface area contributed by atoms with E-state index in [1.165, 1.54) is 6.07 Å². The number of carbonyl (C=O) groups is 1. The van der Waals surface area contributed by atoms with Crippen LogP contribution in [0, 0.1) is 5.82 Å². The van der Waals surface area contributed by atoms with Crippen LogP contribution >= 0.6 is 0 Å². The number of para-hydroxylation sites is 1. The number of aromatic carboxylic acids is 1. The Morgan fingerprint density at radius 3 is 2.47 bits per heavy atom. The Morgan fingerprint density at radius 2 is 1.73 bits per heavy atom. The van der Waals surface area contributed by atoms with Gasteiger partial charge < -0.3 is 15.2 Å². The van der Waals surface area contributed by atoms with E-state index in [1.807, 2.05) is 25.1 Å². The van der Waals surface area contributed by atoms with Crippen molar-refractivity contribution in [1.29, 1.82) is 0 Å². The summed E-state index contributed by atoms with van der Waals surface area (Å²) in [6, 6.07) is 20.2. The Hall–Kier alpha value is -3.93. The van der Waals surface area contributed by atoms with Crippen molar-refractivity contribution < 1.29 is 19.0 Å². The van der Waals surface area contributed by atoms with Crippen molar-refractivity contribution >= 4 is 22.6 Å². The van der Waals surface area contributed by atoms with Gasteiger partial charge in [-0.15, -0.1) is 0 Å². The molecule has 0 aliphatic carbocycles. The third-order valence-electron chi connectivity index (χ3n) is 4.82. The first-order chi connectivity index (χ1) is 14.5. The summed E-state index contributed by atoms with van der Waals surface area (Å²) in [6.07, 6.45) is 1.69. The standard InChI is InChI=1S/C24H19FN2O3/c1-15(16-9-11-18(12-10-16)24(28)29)27-23-22-17(13-14-26-23)5-4-8-21(22)30-20-7-3-2-6-19(20)25/h2-15H,1H3,(H,26,27)(H,28,29). The lowest BCUT2D eigenvalue weighted by molar-refractivity contribution is 0.0697. The molecular formula is C24H19FN2O3. The Bertz CT molecular complexity index is 1200. The SMILES string of the molecule is CC(Nc1nccc2cccc(Oc3ccccc3F)c12)c1ccc(C(=O)O)cc1. The molecular weight excluding hydrogens is 383 g/mol. The predicted octanol–water partition coefficient (Wildman–Crippen LogP) is 6.04. The number of aromatic nitrogens is 1. The number of hydrogen-bond acceptors (Lipinski definition) is 4. The summed E-state index contributed by atoms with van der Waals surface area (Å²) in [6.45, 7) is 1.95. The fraction of sp³-hybridized carbons (Fsp3) is 0.0833. The van der Waals surface area contributed by atoms with Crippen molar-refractivity contribution in [3.8, 4) is 11.5 Å². The summed E-state index contributed by atoms with van der Waals surface area (Å²) >= 11 is 0. The van der Waals surface area contributed by atoms with Gasteiger partial charge in [-0.3, -0.25) is 0 Å². The van der Waals surface area contributed by atoms with Gasteiger partial charge in [0, 0.05) is 12.2 Å². The van der Waals surface area contributed by atoms with E-state index >= 15 is 0 Å². The van der Waals surface area contributed by atoms with Crippen molar-refractivity contribution in [2.24, 2.45) is 0 Å². The predicted molar refractivity (Wildman–Crippen MR) is 114 cm³/mol. The van der Waals surface area contributed by atoms with Crippen molar-refractivity contribution in [1.82, 2.24) is 4.98 Å². The summed E-state index contributed by atoms with van der Waals surface area (Å²) in [5, 5.41) is 14.1. The summed E-state index contributed by atoms with van der Waals surface area (Å²) in [5.41, 5.74) is 1.14. The number of nitrogens with zero attached hydrogens (tertiary/aromatic N) is 1. The van der Waals surface area contributed by atoms with Gasteiger partial charge in [0.15, 0.2) is 11.6 Å². The summed E-state index contributed by atoms with van der Waals surface area (Å²) < 4.78 is 20.0. The molecule has 2 N–H and O–H groups in total. The molecule has 3 aromatic carbocycles. The molecule has 0 saturated carbocycles. The number of halogens is 1. The molecule has 0 aliphatic heterocycles. The summed E-state index contributed by atoms with van der Waals surface area (Å²) in [4.78, 5) is 15.5. The summed E-state index contributed by atoms with van der Waals surface area (Å²) in [5.74, 6) is -0.194. The number of carboxylic acids is 1. The normalized spacial score (nSPS) is 11.8. The number of pyridine rings is 1. The molecule has 1 aromatic heterocycles. The molecule has 1 atom stereocenters. The maximum Gasteiger partial charge on any atom is 0.335 e. The van der Waals surface area contributed by atoms with Crippen molar-refractivity contribution in [3.05, 3.63) is 95.9 Å². The molecule has 1 heterocycles. The minimum absolute atomic E-state index is 0.136. The molecule has 0 fully saturated rings. The number of hydrogen-bond donors (Lipinski definition) is 2. The highest BCUT2D eigenvalue weighted by molar-refractivity contribution is 5.97. The zero-order valence-corrected chi connectivity index (χ0v) is 16.2. The van der Waals surface area contributed by atoms with E-state index in [1.54, 1.807) is 54.7 Å². The van der Waals surface area contributed by atoms with Crippen molar-refractivity contribution in [2.45, 2.75) is 13.0 Å². The Balaban J connectivity index is 1.68. The molecule has 0 bridgehead atoms. The number of nitrogens with one attached hydrogen (secondary N) is 1. The van der Waals surface area contributed by atoms with Crippen LogP contribution in [0.5, 0.6) is 11.5 Å². The third-order valence-corrected chi connectivity index (χ3v) is 4.82. The van der Waals surface area contributed by atoms with Crippen LogP contribution in [0.25, 0.3) is 10.8 Å². The number of ether oxygens (including phenoxy) is 1. The number of rotatable bonds is 6. The molecule has 4 aromatic rings. The van der Waals surface area contributed by atoms with Crippen LogP contribution in [0.4, 0.5) is 10.2 Å². The maximum atomic E-state index is 14.1. The van der Waals surface area contributed by atoms with Gasteiger partial charge in [-0.1, -0.05) is 36.4 Å². The lowest BCUT2D eigenvalue weighted by Crippen LogP contribution is -2.09. The van der Waals surface area contributed by atoms with E-state index in [9.17, 15) is 9.18 Å². The summed E-state index contributed by atoms with van der Waals surface area (Å²) in [7, 11) is 0. The molecule has 0 amide bonds. The highest BCUT2D eigenvalue weighted by atomic mass is 19.1. The first kappa shape index (κ1) is 19.4. The number of benzene rings is 3.